The van der Waals surface area contributed by atoms with Crippen molar-refractivity contribution in [2.75, 3.05) is 19.6 Å². The summed E-state index contributed by atoms with van der Waals surface area (Å²) in [4.78, 5) is 0. The summed E-state index contributed by atoms with van der Waals surface area (Å²) in [5.41, 5.74) is 0. The van der Waals surface area contributed by atoms with Crippen LogP contribution in [-0.4, -0.2) is 19.6 Å². The van der Waals surface area contributed by atoms with Crippen LogP contribution in [0.2, 0.25) is 0 Å². The molecule has 1 nitrogen and oxygen atoms in total. The van der Waals surface area contributed by atoms with Gasteiger partial charge in [0.1, 0.15) is 0 Å². The Kier molecular flexibility index (Phi) is 7.25. The van der Waals surface area contributed by atoms with E-state index in [9.17, 15) is 0 Å². The molecule has 1 unspecified atom stereocenters. The predicted molar refractivity (Wildman–Crippen MR) is 39.9 cm³/mol. The van der Waals surface area contributed by atoms with Gasteiger partial charge in [-0.25, -0.2) is 0 Å². The summed E-state index contributed by atoms with van der Waals surface area (Å²) in [6.07, 6.45) is 5.22. The zero-order valence-corrected chi connectivity index (χ0v) is 6.31. The van der Waals surface area contributed by atoms with Crippen molar-refractivity contribution in [3.63, 3.8) is 0 Å². The van der Waals surface area contributed by atoms with Crippen molar-refractivity contribution in [1.29, 1.82) is 0 Å². The number of rotatable bonds is 5. The molecule has 0 aromatic heterocycles. The van der Waals surface area contributed by atoms with Crippen LogP contribution in [0, 0.1) is 0 Å². The van der Waals surface area contributed by atoms with Gasteiger partial charge < -0.3 is 4.74 Å². The lowest BCUT2D eigenvalue weighted by molar-refractivity contribution is 0.256. The Bertz CT molecular complexity index is 54.5. The van der Waals surface area contributed by atoms with E-state index in [0.717, 1.165) is 21.3 Å². The number of hydrogen-bond acceptors (Lipinski definition) is 1. The molecule has 0 aromatic rings. The first-order chi connectivity index (χ1) is 3.91. The van der Waals surface area contributed by atoms with Crippen LogP contribution in [0.5, 0.6) is 0 Å². The number of methoxy groups -OCH3 is 1. The molecule has 0 aliphatic heterocycles. The summed E-state index contributed by atoms with van der Waals surface area (Å²) in [6.45, 7) is 3.62. The standard InChI is InChI=1S/C6H13OP/c1-3-4-5-8-6-7-2/h3,8H,1,4-6H2,2H3. The molecule has 0 spiro atoms. The van der Waals surface area contributed by atoms with Crippen LogP contribution in [0.25, 0.3) is 0 Å². The minimum atomic E-state index is 0.911. The van der Waals surface area contributed by atoms with Crippen molar-refractivity contribution >= 4 is 8.58 Å². The SMILES string of the molecule is C=CCCPCOC. The fourth-order valence-electron chi connectivity index (χ4n) is 0.378. The molecule has 1 atom stereocenters. The van der Waals surface area contributed by atoms with Crippen molar-refractivity contribution in [2.45, 2.75) is 6.42 Å². The molecule has 0 saturated carbocycles. The van der Waals surface area contributed by atoms with E-state index in [2.05, 4.69) is 6.58 Å². The van der Waals surface area contributed by atoms with E-state index in [1.54, 1.807) is 7.11 Å². The Morgan fingerprint density at radius 3 is 3.00 bits per heavy atom. The smallest absolute Gasteiger partial charge is 0.0627 e. The lowest BCUT2D eigenvalue weighted by Gasteiger charge is -1.94. The molecule has 0 amide bonds. The van der Waals surface area contributed by atoms with Gasteiger partial charge in [-0.3, -0.25) is 0 Å². The van der Waals surface area contributed by atoms with Gasteiger partial charge in [-0.05, 0) is 12.6 Å². The zero-order chi connectivity index (χ0) is 6.24. The third kappa shape index (κ3) is 6.13. The Balaban J connectivity index is 2.62. The van der Waals surface area contributed by atoms with E-state index in [0.29, 0.717) is 0 Å². The molecule has 0 aliphatic carbocycles. The summed E-state index contributed by atoms with van der Waals surface area (Å²) >= 11 is 0. The zero-order valence-electron chi connectivity index (χ0n) is 5.31. The highest BCUT2D eigenvalue weighted by Crippen LogP contribution is 2.09. The minimum absolute atomic E-state index is 0.911. The minimum Gasteiger partial charge on any atom is -0.380 e. The van der Waals surface area contributed by atoms with E-state index >= 15 is 0 Å². The average Bonchev–Trinajstić information content (AvgIpc) is 1.81. The van der Waals surface area contributed by atoms with Crippen LogP contribution < -0.4 is 0 Å². The fraction of sp³-hybridized carbons (Fsp3) is 0.667. The Morgan fingerprint density at radius 1 is 1.75 bits per heavy atom. The second-order valence-corrected chi connectivity index (χ2v) is 2.80. The lowest BCUT2D eigenvalue weighted by Crippen LogP contribution is -1.79. The monoisotopic (exact) mass is 132 g/mol. The molecule has 0 aromatic carbocycles. The van der Waals surface area contributed by atoms with Gasteiger partial charge in [-0.1, -0.05) is 14.7 Å². The van der Waals surface area contributed by atoms with Crippen LogP contribution in [0.3, 0.4) is 0 Å². The highest BCUT2D eigenvalue weighted by atomic mass is 31.1. The number of allylic oxidation sites excluding steroid dienone is 1. The molecule has 2 heteroatoms. The molecule has 0 aliphatic rings. The molecule has 0 saturated heterocycles. The van der Waals surface area contributed by atoms with Crippen molar-refractivity contribution in [2.24, 2.45) is 0 Å². The van der Waals surface area contributed by atoms with Gasteiger partial charge in [-0.2, -0.15) is 0 Å². The molecule has 0 rings (SSSR count). The van der Waals surface area contributed by atoms with Crippen LogP contribution >= 0.6 is 8.58 Å². The van der Waals surface area contributed by atoms with Crippen LogP contribution in [0.4, 0.5) is 0 Å². The Hall–Kier alpha value is 0.130. The Labute approximate surface area is 52.9 Å². The van der Waals surface area contributed by atoms with Gasteiger partial charge in [-0.15, -0.1) is 6.58 Å². The van der Waals surface area contributed by atoms with Crippen molar-refractivity contribution < 1.29 is 4.74 Å². The van der Waals surface area contributed by atoms with Gasteiger partial charge in [0.25, 0.3) is 0 Å². The van der Waals surface area contributed by atoms with Gasteiger partial charge in [0.2, 0.25) is 0 Å². The molecular formula is C6H13OP. The summed E-state index contributed by atoms with van der Waals surface area (Å²) in [5, 5.41) is 0. The van der Waals surface area contributed by atoms with Gasteiger partial charge >= 0.3 is 0 Å². The summed E-state index contributed by atoms with van der Waals surface area (Å²) in [5.74, 6) is 0. The third-order valence-electron chi connectivity index (χ3n) is 0.772. The van der Waals surface area contributed by atoms with E-state index in [-0.39, 0.29) is 0 Å². The third-order valence-corrected chi connectivity index (χ3v) is 1.91. The highest BCUT2D eigenvalue weighted by molar-refractivity contribution is 7.37. The van der Waals surface area contributed by atoms with Crippen LogP contribution in [0.1, 0.15) is 6.42 Å². The van der Waals surface area contributed by atoms with Crippen molar-refractivity contribution in [3.8, 4) is 0 Å². The summed E-state index contributed by atoms with van der Waals surface area (Å²) in [7, 11) is 2.68. The predicted octanol–water partition coefficient (Wildman–Crippen LogP) is 1.84. The first-order valence-corrected chi connectivity index (χ1v) is 4.13. The van der Waals surface area contributed by atoms with Gasteiger partial charge in [0.15, 0.2) is 0 Å². The summed E-state index contributed by atoms with van der Waals surface area (Å²) in [6, 6.07) is 0. The van der Waals surface area contributed by atoms with Crippen molar-refractivity contribution in [1.82, 2.24) is 0 Å². The molecule has 0 bridgehead atoms. The molecule has 0 fully saturated rings. The second-order valence-electron chi connectivity index (χ2n) is 1.51. The van der Waals surface area contributed by atoms with E-state index in [4.69, 9.17) is 4.74 Å². The lowest BCUT2D eigenvalue weighted by atomic mass is 10.5. The van der Waals surface area contributed by atoms with Gasteiger partial charge in [0, 0.05) is 7.11 Å². The highest BCUT2D eigenvalue weighted by Gasteiger charge is 1.80. The topological polar surface area (TPSA) is 9.23 Å². The largest absolute Gasteiger partial charge is 0.380 e. The quantitative estimate of drug-likeness (QED) is 0.315. The van der Waals surface area contributed by atoms with Crippen LogP contribution in [0.15, 0.2) is 12.7 Å². The molecule has 8 heavy (non-hydrogen) atoms. The number of hydrogen-bond donors (Lipinski definition) is 0. The van der Waals surface area contributed by atoms with Gasteiger partial charge in [0.05, 0.1) is 6.35 Å². The molecule has 0 heterocycles. The first kappa shape index (κ1) is 8.13. The van der Waals surface area contributed by atoms with E-state index in [1.807, 2.05) is 6.08 Å². The first-order valence-electron chi connectivity index (χ1n) is 2.72. The Morgan fingerprint density at radius 2 is 2.50 bits per heavy atom. The second kappa shape index (κ2) is 7.13. The van der Waals surface area contributed by atoms with Crippen LogP contribution in [-0.2, 0) is 4.74 Å². The van der Waals surface area contributed by atoms with Crippen molar-refractivity contribution in [3.05, 3.63) is 12.7 Å². The molecule has 48 valence electrons. The maximum Gasteiger partial charge on any atom is 0.0627 e. The maximum atomic E-state index is 4.87. The average molecular weight is 132 g/mol. The molecular weight excluding hydrogens is 119 g/mol. The van der Waals surface area contributed by atoms with E-state index < -0.39 is 0 Å². The molecule has 0 N–H and O–H groups in total. The number of ether oxygens (including phenoxy) is 1. The molecule has 0 radical (unpaired) electrons. The summed E-state index contributed by atoms with van der Waals surface area (Å²) < 4.78 is 4.87. The normalized spacial score (nSPS) is 10.6. The van der Waals surface area contributed by atoms with E-state index in [1.165, 1.54) is 6.16 Å². The fourth-order valence-corrected chi connectivity index (χ4v) is 1.14. The maximum absolute atomic E-state index is 4.87.